The highest BCUT2D eigenvalue weighted by atomic mass is 127. The van der Waals surface area contributed by atoms with Gasteiger partial charge in [0.2, 0.25) is 0 Å². The van der Waals surface area contributed by atoms with Gasteiger partial charge in [0.05, 0.1) is 6.54 Å². The van der Waals surface area contributed by atoms with Crippen molar-refractivity contribution in [3.8, 4) is 0 Å². The van der Waals surface area contributed by atoms with Crippen LogP contribution in [0.15, 0.2) is 29.4 Å². The lowest BCUT2D eigenvalue weighted by molar-refractivity contribution is 0.273. The molecule has 5 nitrogen and oxygen atoms in total. The molecule has 3 rings (SSSR count). The second-order valence-corrected chi connectivity index (χ2v) is 6.77. The summed E-state index contributed by atoms with van der Waals surface area (Å²) >= 11 is 6.09. The number of nitrogens with two attached hydrogens (primary N) is 1. The van der Waals surface area contributed by atoms with Crippen molar-refractivity contribution in [2.45, 2.75) is 32.2 Å². The zero-order valence-corrected chi connectivity index (χ0v) is 17.7. The maximum absolute atomic E-state index is 6.09. The fourth-order valence-electron chi connectivity index (χ4n) is 3.46. The standard InChI is InChI=1S/C18H26ClN5.HI/c1-2-24-9-3-4-15(24)12-23-18(20)21-8-7-13-11-22-17-6-5-14(19)10-16(13)17;/h5-6,10-11,15,22H,2-4,7-9,12H2,1H3,(H3,20,21,23);1H. The van der Waals surface area contributed by atoms with Crippen LogP contribution in [0.1, 0.15) is 25.3 Å². The number of hydrogen-bond donors (Lipinski definition) is 3. The highest BCUT2D eigenvalue weighted by molar-refractivity contribution is 14.0. The number of benzene rings is 1. The Bertz CT molecular complexity index is 715. The third kappa shape index (κ3) is 5.24. The number of hydrogen-bond acceptors (Lipinski definition) is 2. The number of aromatic nitrogens is 1. The van der Waals surface area contributed by atoms with Gasteiger partial charge < -0.3 is 16.0 Å². The molecule has 1 saturated heterocycles. The maximum atomic E-state index is 6.09. The second kappa shape index (κ2) is 9.64. The fraction of sp³-hybridized carbons (Fsp3) is 0.500. The van der Waals surface area contributed by atoms with E-state index < -0.39 is 0 Å². The first-order valence-electron chi connectivity index (χ1n) is 8.70. The molecule has 1 aromatic carbocycles. The van der Waals surface area contributed by atoms with Crippen molar-refractivity contribution >= 4 is 52.4 Å². The van der Waals surface area contributed by atoms with Gasteiger partial charge in [0.15, 0.2) is 5.96 Å². The van der Waals surface area contributed by atoms with Crippen molar-refractivity contribution in [2.24, 2.45) is 10.7 Å². The number of aliphatic imine (C=N–C) groups is 1. The Labute approximate surface area is 171 Å². The van der Waals surface area contributed by atoms with Crippen LogP contribution in [-0.4, -0.2) is 48.1 Å². The van der Waals surface area contributed by atoms with Crippen molar-refractivity contribution in [1.82, 2.24) is 15.2 Å². The van der Waals surface area contributed by atoms with E-state index in [0.29, 0.717) is 12.0 Å². The lowest BCUT2D eigenvalue weighted by atomic mass is 10.1. The summed E-state index contributed by atoms with van der Waals surface area (Å²) in [6, 6.07) is 6.45. The predicted octanol–water partition coefficient (Wildman–Crippen LogP) is 3.37. The molecule has 1 aromatic heterocycles. The molecular formula is C18H27ClIN5. The summed E-state index contributed by atoms with van der Waals surface area (Å²) < 4.78 is 0. The van der Waals surface area contributed by atoms with Crippen molar-refractivity contribution in [3.05, 3.63) is 35.0 Å². The molecule has 25 heavy (non-hydrogen) atoms. The van der Waals surface area contributed by atoms with Crippen LogP contribution in [0.25, 0.3) is 10.9 Å². The number of halogens is 2. The van der Waals surface area contributed by atoms with Gasteiger partial charge in [-0.1, -0.05) is 18.5 Å². The Balaban J connectivity index is 0.00000225. The summed E-state index contributed by atoms with van der Waals surface area (Å²) in [5.41, 5.74) is 8.35. The van der Waals surface area contributed by atoms with Gasteiger partial charge in [0.25, 0.3) is 0 Å². The van der Waals surface area contributed by atoms with Gasteiger partial charge in [0.1, 0.15) is 0 Å². The van der Waals surface area contributed by atoms with E-state index in [2.05, 4.69) is 27.1 Å². The number of H-pyrrole nitrogens is 1. The van der Waals surface area contributed by atoms with Crippen LogP contribution in [0.3, 0.4) is 0 Å². The SMILES string of the molecule is CCN1CCCC1CN=C(N)NCCc1c[nH]c2ccc(Cl)cc12.I. The molecule has 1 fully saturated rings. The third-order valence-corrected chi connectivity index (χ3v) is 5.04. The van der Waals surface area contributed by atoms with Crippen molar-refractivity contribution in [1.29, 1.82) is 0 Å². The number of guanidine groups is 1. The summed E-state index contributed by atoms with van der Waals surface area (Å²) in [6.45, 7) is 6.03. The topological polar surface area (TPSA) is 69.4 Å². The molecule has 1 unspecified atom stereocenters. The zero-order chi connectivity index (χ0) is 16.9. The molecule has 1 aliphatic heterocycles. The third-order valence-electron chi connectivity index (χ3n) is 4.81. The quantitative estimate of drug-likeness (QED) is 0.341. The zero-order valence-electron chi connectivity index (χ0n) is 14.6. The summed E-state index contributed by atoms with van der Waals surface area (Å²) in [5, 5.41) is 5.15. The van der Waals surface area contributed by atoms with E-state index in [-0.39, 0.29) is 24.0 Å². The van der Waals surface area contributed by atoms with Crippen LogP contribution in [0.5, 0.6) is 0 Å². The van der Waals surface area contributed by atoms with E-state index in [4.69, 9.17) is 17.3 Å². The molecule has 0 radical (unpaired) electrons. The van der Waals surface area contributed by atoms with E-state index in [0.717, 1.165) is 36.6 Å². The molecule has 0 saturated carbocycles. The van der Waals surface area contributed by atoms with Gasteiger partial charge in [0, 0.05) is 34.7 Å². The van der Waals surface area contributed by atoms with Gasteiger partial charge in [-0.2, -0.15) is 0 Å². The maximum Gasteiger partial charge on any atom is 0.188 e. The van der Waals surface area contributed by atoms with Crippen LogP contribution in [0.4, 0.5) is 0 Å². The number of aromatic amines is 1. The number of nitrogens with zero attached hydrogens (tertiary/aromatic N) is 2. The molecule has 0 amide bonds. The van der Waals surface area contributed by atoms with Crippen LogP contribution >= 0.6 is 35.6 Å². The Morgan fingerprint density at radius 2 is 2.32 bits per heavy atom. The molecule has 1 atom stereocenters. The van der Waals surface area contributed by atoms with E-state index in [1.54, 1.807) is 0 Å². The van der Waals surface area contributed by atoms with E-state index in [1.165, 1.54) is 30.3 Å². The first kappa shape index (κ1) is 20.3. The average molecular weight is 476 g/mol. The molecule has 0 bridgehead atoms. The predicted molar refractivity (Wildman–Crippen MR) is 117 cm³/mol. The van der Waals surface area contributed by atoms with Gasteiger partial charge in [-0.05, 0) is 56.1 Å². The van der Waals surface area contributed by atoms with Crippen molar-refractivity contribution in [2.75, 3.05) is 26.2 Å². The van der Waals surface area contributed by atoms with Gasteiger partial charge in [-0.15, -0.1) is 24.0 Å². The molecule has 2 aromatic rings. The number of likely N-dealkylation sites (N-methyl/N-ethyl adjacent to an activating group) is 1. The average Bonchev–Trinajstić information content (AvgIpc) is 3.19. The van der Waals surface area contributed by atoms with Crippen LogP contribution < -0.4 is 11.1 Å². The van der Waals surface area contributed by atoms with Gasteiger partial charge >= 0.3 is 0 Å². The number of nitrogens with one attached hydrogen (secondary N) is 2. The summed E-state index contributed by atoms with van der Waals surface area (Å²) in [7, 11) is 0. The molecule has 1 aliphatic rings. The normalized spacial score (nSPS) is 18.5. The van der Waals surface area contributed by atoms with Crippen LogP contribution in [-0.2, 0) is 6.42 Å². The summed E-state index contributed by atoms with van der Waals surface area (Å²) in [5.74, 6) is 0.538. The lowest BCUT2D eigenvalue weighted by Crippen LogP contribution is -2.36. The smallest absolute Gasteiger partial charge is 0.188 e. The molecule has 4 N–H and O–H groups in total. The first-order valence-corrected chi connectivity index (χ1v) is 9.08. The minimum Gasteiger partial charge on any atom is -0.370 e. The van der Waals surface area contributed by atoms with E-state index in [1.807, 2.05) is 24.4 Å². The minimum absolute atomic E-state index is 0. The second-order valence-electron chi connectivity index (χ2n) is 6.33. The Hall–Kier alpha value is -0.990. The van der Waals surface area contributed by atoms with Gasteiger partial charge in [-0.25, -0.2) is 0 Å². The van der Waals surface area contributed by atoms with E-state index >= 15 is 0 Å². The Morgan fingerprint density at radius 1 is 1.48 bits per heavy atom. The molecule has 0 aliphatic carbocycles. The monoisotopic (exact) mass is 475 g/mol. The van der Waals surface area contributed by atoms with Gasteiger partial charge in [-0.3, -0.25) is 9.89 Å². The molecule has 0 spiro atoms. The highest BCUT2D eigenvalue weighted by Gasteiger charge is 2.22. The van der Waals surface area contributed by atoms with Crippen LogP contribution in [0, 0.1) is 0 Å². The number of fused-ring (bicyclic) bond motifs is 1. The van der Waals surface area contributed by atoms with Crippen molar-refractivity contribution in [3.63, 3.8) is 0 Å². The molecule has 2 heterocycles. The highest BCUT2D eigenvalue weighted by Crippen LogP contribution is 2.22. The molecular weight excluding hydrogens is 449 g/mol. The van der Waals surface area contributed by atoms with Crippen molar-refractivity contribution < 1.29 is 0 Å². The first-order chi connectivity index (χ1) is 11.7. The van der Waals surface area contributed by atoms with Crippen LogP contribution in [0.2, 0.25) is 5.02 Å². The number of rotatable bonds is 6. The summed E-state index contributed by atoms with van der Waals surface area (Å²) in [4.78, 5) is 10.3. The number of likely N-dealkylation sites (tertiary alicyclic amines) is 1. The largest absolute Gasteiger partial charge is 0.370 e. The Kier molecular flexibility index (Phi) is 7.83. The molecule has 7 heteroatoms. The van der Waals surface area contributed by atoms with E-state index in [9.17, 15) is 0 Å². The molecule has 138 valence electrons. The summed E-state index contributed by atoms with van der Waals surface area (Å²) in [6.07, 6.45) is 5.40. The lowest BCUT2D eigenvalue weighted by Gasteiger charge is -2.20. The fourth-order valence-corrected chi connectivity index (χ4v) is 3.63. The Morgan fingerprint density at radius 3 is 3.12 bits per heavy atom. The minimum atomic E-state index is 0.